The minimum absolute atomic E-state index is 0. The van der Waals surface area contributed by atoms with Crippen LogP contribution >= 0.6 is 0 Å². The van der Waals surface area contributed by atoms with Crippen LogP contribution in [0, 0.1) is 17.7 Å². The molecule has 1 aromatic carbocycles. The second-order valence-corrected chi connectivity index (χ2v) is 6.00. The standard InChI is InChI=1S/C18H13F2N4O2.Pt/c1-18(2,14-6-8-22-16(24-14)17(25)26)13-5-7-21-15(23-13)11-4-3-10(19)9-12(11)20;/h3,5-9H,1-2H3,(H,25,26);/q-1;. The zero-order chi connectivity index (χ0) is 18.9. The van der Waals surface area contributed by atoms with Crippen LogP contribution in [0.4, 0.5) is 8.78 Å². The van der Waals surface area contributed by atoms with Gasteiger partial charge in [0.25, 0.3) is 0 Å². The van der Waals surface area contributed by atoms with Crippen molar-refractivity contribution in [3.05, 3.63) is 71.6 Å². The van der Waals surface area contributed by atoms with Gasteiger partial charge in [0, 0.05) is 56.2 Å². The summed E-state index contributed by atoms with van der Waals surface area (Å²) in [5, 5.41) is 9.06. The Morgan fingerprint density at radius 2 is 1.74 bits per heavy atom. The van der Waals surface area contributed by atoms with Gasteiger partial charge < -0.3 is 5.11 Å². The van der Waals surface area contributed by atoms with E-state index in [9.17, 15) is 13.6 Å². The predicted octanol–water partition coefficient (Wildman–Crippen LogP) is 3.03. The van der Waals surface area contributed by atoms with Crippen LogP contribution < -0.4 is 0 Å². The van der Waals surface area contributed by atoms with Gasteiger partial charge in [-0.25, -0.2) is 14.8 Å². The largest absolute Gasteiger partial charge is 0.475 e. The number of halogens is 2. The van der Waals surface area contributed by atoms with E-state index in [2.05, 4.69) is 26.0 Å². The molecule has 0 fully saturated rings. The number of hydrogen-bond donors (Lipinski definition) is 1. The van der Waals surface area contributed by atoms with E-state index in [0.717, 1.165) is 12.1 Å². The Labute approximate surface area is 168 Å². The first-order valence-corrected chi connectivity index (χ1v) is 7.56. The summed E-state index contributed by atoms with van der Waals surface area (Å²) < 4.78 is 27.1. The molecule has 0 saturated carbocycles. The van der Waals surface area contributed by atoms with Crippen LogP contribution in [0.15, 0.2) is 36.7 Å². The van der Waals surface area contributed by atoms with Gasteiger partial charge in [0.2, 0.25) is 5.82 Å². The number of rotatable bonds is 4. The Kier molecular flexibility index (Phi) is 6.11. The van der Waals surface area contributed by atoms with E-state index in [4.69, 9.17) is 5.11 Å². The van der Waals surface area contributed by atoms with Crippen LogP contribution in [-0.2, 0) is 26.5 Å². The third kappa shape index (κ3) is 4.22. The molecule has 0 aliphatic heterocycles. The summed E-state index contributed by atoms with van der Waals surface area (Å²) in [6.07, 6.45) is 2.79. The molecular weight excluding hydrogens is 537 g/mol. The molecule has 3 rings (SSSR count). The van der Waals surface area contributed by atoms with E-state index in [1.165, 1.54) is 12.4 Å². The number of aromatic carboxylic acids is 1. The fourth-order valence-corrected chi connectivity index (χ4v) is 2.38. The van der Waals surface area contributed by atoms with Crippen molar-refractivity contribution < 1.29 is 39.7 Å². The molecule has 9 heteroatoms. The molecule has 0 radical (unpaired) electrons. The molecule has 2 heterocycles. The van der Waals surface area contributed by atoms with Gasteiger partial charge >= 0.3 is 5.97 Å². The maximum absolute atomic E-state index is 14.0. The van der Waals surface area contributed by atoms with Crippen molar-refractivity contribution in [3.8, 4) is 11.4 Å². The van der Waals surface area contributed by atoms with Crippen molar-refractivity contribution >= 4 is 5.97 Å². The fraction of sp³-hybridized carbons (Fsp3) is 0.167. The Balaban J connectivity index is 0.00000261. The average molecular weight is 550 g/mol. The second-order valence-electron chi connectivity index (χ2n) is 6.00. The van der Waals surface area contributed by atoms with E-state index >= 15 is 0 Å². The molecule has 0 saturated heterocycles. The van der Waals surface area contributed by atoms with Crippen molar-refractivity contribution in [1.82, 2.24) is 19.9 Å². The first-order chi connectivity index (χ1) is 12.3. The van der Waals surface area contributed by atoms with Crippen molar-refractivity contribution in [3.63, 3.8) is 0 Å². The van der Waals surface area contributed by atoms with Crippen LogP contribution in [0.2, 0.25) is 0 Å². The molecule has 0 aliphatic carbocycles. The summed E-state index contributed by atoms with van der Waals surface area (Å²) in [5.41, 5.74) is 0.0483. The average Bonchev–Trinajstić information content (AvgIpc) is 2.62. The number of hydrogen-bond acceptors (Lipinski definition) is 5. The normalized spacial score (nSPS) is 11.0. The molecule has 3 aromatic rings. The van der Waals surface area contributed by atoms with E-state index in [1.54, 1.807) is 26.0 Å². The molecule has 0 atom stereocenters. The second kappa shape index (κ2) is 7.96. The summed E-state index contributed by atoms with van der Waals surface area (Å²) >= 11 is 0. The zero-order valence-corrected chi connectivity index (χ0v) is 16.5. The van der Waals surface area contributed by atoms with Crippen LogP contribution in [0.3, 0.4) is 0 Å². The van der Waals surface area contributed by atoms with Gasteiger partial charge in [-0.05, 0) is 26.0 Å². The Morgan fingerprint density at radius 1 is 1.11 bits per heavy atom. The van der Waals surface area contributed by atoms with E-state index in [1.807, 2.05) is 0 Å². The van der Waals surface area contributed by atoms with Gasteiger partial charge in [0.15, 0.2) is 0 Å². The summed E-state index contributed by atoms with van der Waals surface area (Å²) in [6, 6.07) is 7.42. The Hall–Kier alpha value is -2.60. The van der Waals surface area contributed by atoms with Crippen molar-refractivity contribution in [2.24, 2.45) is 0 Å². The predicted molar refractivity (Wildman–Crippen MR) is 87.3 cm³/mol. The molecule has 1 N–H and O–H groups in total. The molecule has 6 nitrogen and oxygen atoms in total. The maximum atomic E-state index is 14.0. The van der Waals surface area contributed by atoms with Crippen molar-refractivity contribution in [2.45, 2.75) is 19.3 Å². The minimum Gasteiger partial charge on any atom is -0.475 e. The van der Waals surface area contributed by atoms with E-state index in [0.29, 0.717) is 11.4 Å². The monoisotopic (exact) mass is 550 g/mol. The molecular formula is C18H13F2N4O2Pt-. The van der Waals surface area contributed by atoms with Gasteiger partial charge in [0.1, 0.15) is 0 Å². The number of benzene rings is 1. The number of carboxylic acids is 1. The molecule has 0 unspecified atom stereocenters. The maximum Gasteiger partial charge on any atom is 0.373 e. The first-order valence-electron chi connectivity index (χ1n) is 7.56. The fourth-order valence-electron chi connectivity index (χ4n) is 2.38. The summed E-state index contributed by atoms with van der Waals surface area (Å²) in [6.45, 7) is 3.58. The quantitative estimate of drug-likeness (QED) is 0.503. The Bertz CT molecular complexity index is 999. The number of carbonyl (C=O) groups is 1. The van der Waals surface area contributed by atoms with Gasteiger partial charge in [-0.2, -0.15) is 0 Å². The molecule has 0 spiro atoms. The molecule has 142 valence electrons. The summed E-state index contributed by atoms with van der Waals surface area (Å²) in [5.74, 6) is -3.10. The third-order valence-electron chi connectivity index (χ3n) is 3.86. The van der Waals surface area contributed by atoms with Crippen LogP contribution in [0.5, 0.6) is 0 Å². The van der Waals surface area contributed by atoms with Crippen LogP contribution in [0.25, 0.3) is 11.4 Å². The molecule has 27 heavy (non-hydrogen) atoms. The van der Waals surface area contributed by atoms with Gasteiger partial charge in [-0.1, -0.05) is 11.6 Å². The number of aromatic nitrogens is 4. The topological polar surface area (TPSA) is 88.9 Å². The van der Waals surface area contributed by atoms with Gasteiger partial charge in [-0.15, -0.1) is 12.1 Å². The third-order valence-corrected chi connectivity index (χ3v) is 3.86. The van der Waals surface area contributed by atoms with E-state index in [-0.39, 0.29) is 38.3 Å². The van der Waals surface area contributed by atoms with Crippen molar-refractivity contribution in [1.29, 1.82) is 0 Å². The smallest absolute Gasteiger partial charge is 0.373 e. The summed E-state index contributed by atoms with van der Waals surface area (Å²) in [7, 11) is 0. The molecule has 2 aromatic heterocycles. The SMILES string of the molecule is CC(C)(c1ccnc(C(=O)O)n1)c1ccnc(-c2[c-]cc(F)cc2F)n1.[Pt]. The van der Waals surface area contributed by atoms with Crippen LogP contribution in [-0.4, -0.2) is 31.0 Å². The number of nitrogens with zero attached hydrogens (tertiary/aromatic N) is 4. The minimum atomic E-state index is -1.24. The summed E-state index contributed by atoms with van der Waals surface area (Å²) in [4.78, 5) is 27.2. The molecule has 0 bridgehead atoms. The van der Waals surface area contributed by atoms with E-state index < -0.39 is 23.0 Å². The van der Waals surface area contributed by atoms with Gasteiger partial charge in [0.05, 0.1) is 11.5 Å². The van der Waals surface area contributed by atoms with Gasteiger partial charge in [-0.3, -0.25) is 18.7 Å². The Morgan fingerprint density at radius 3 is 2.37 bits per heavy atom. The number of carboxylic acid groups (broad SMARTS) is 1. The first kappa shape index (κ1) is 20.7. The molecule has 0 aliphatic rings. The van der Waals surface area contributed by atoms with Crippen molar-refractivity contribution in [2.75, 3.05) is 0 Å². The zero-order valence-electron chi connectivity index (χ0n) is 14.2. The van der Waals surface area contributed by atoms with Crippen LogP contribution in [0.1, 0.15) is 35.9 Å². The molecule has 0 amide bonds.